The lowest BCUT2D eigenvalue weighted by Gasteiger charge is -2.35. The molecule has 2 atom stereocenters. The average molecular weight is 332 g/mol. The van der Waals surface area contributed by atoms with Crippen molar-refractivity contribution in [3.63, 3.8) is 0 Å². The number of carboxylic acids is 1. The molecule has 1 aliphatic heterocycles. The maximum Gasteiger partial charge on any atom is 0.337 e. The molecule has 7 heteroatoms. The minimum absolute atomic E-state index is 0.0229. The highest BCUT2D eigenvalue weighted by molar-refractivity contribution is 7.89. The second-order valence-corrected chi connectivity index (χ2v) is 7.85. The molecule has 2 unspecified atom stereocenters. The van der Waals surface area contributed by atoms with E-state index in [1.54, 1.807) is 0 Å². The molecule has 5 nitrogen and oxygen atoms in total. The summed E-state index contributed by atoms with van der Waals surface area (Å²) in [5, 5.41) is 9.10. The molecule has 1 saturated heterocycles. The molecule has 1 fully saturated rings. The van der Waals surface area contributed by atoms with Crippen LogP contribution in [0.5, 0.6) is 0 Å². The summed E-state index contributed by atoms with van der Waals surface area (Å²) >= 11 is 5.79. The van der Waals surface area contributed by atoms with Crippen molar-refractivity contribution in [3.05, 3.63) is 28.8 Å². The average Bonchev–Trinajstić information content (AvgIpc) is 2.41. The number of sulfonamides is 1. The Morgan fingerprint density at radius 2 is 2.00 bits per heavy atom. The van der Waals surface area contributed by atoms with E-state index in [9.17, 15) is 13.2 Å². The highest BCUT2D eigenvalue weighted by atomic mass is 35.5. The van der Waals surface area contributed by atoms with E-state index in [0.29, 0.717) is 12.5 Å². The Balaban J connectivity index is 2.44. The Hall–Kier alpha value is -1.11. The van der Waals surface area contributed by atoms with Crippen LogP contribution in [0.4, 0.5) is 0 Å². The van der Waals surface area contributed by atoms with Gasteiger partial charge in [0.15, 0.2) is 0 Å². The molecule has 0 amide bonds. The predicted octanol–water partition coefficient (Wildman–Crippen LogP) is 2.85. The number of piperidine rings is 1. The van der Waals surface area contributed by atoms with Crippen LogP contribution in [0.2, 0.25) is 5.02 Å². The summed E-state index contributed by atoms with van der Waals surface area (Å²) < 4.78 is 26.9. The van der Waals surface area contributed by atoms with Gasteiger partial charge in [0.2, 0.25) is 10.0 Å². The van der Waals surface area contributed by atoms with Gasteiger partial charge in [0, 0.05) is 12.6 Å². The number of benzene rings is 1. The topological polar surface area (TPSA) is 74.7 Å². The molecule has 0 bridgehead atoms. The number of hydrogen-bond donors (Lipinski definition) is 1. The first-order chi connectivity index (χ1) is 9.73. The Kier molecular flexibility index (Phi) is 4.60. The van der Waals surface area contributed by atoms with Gasteiger partial charge < -0.3 is 5.11 Å². The third kappa shape index (κ3) is 3.22. The van der Waals surface area contributed by atoms with Gasteiger partial charge in [-0.05, 0) is 43.9 Å². The highest BCUT2D eigenvalue weighted by Gasteiger charge is 2.34. The molecule has 0 saturated carbocycles. The first-order valence-corrected chi connectivity index (χ1v) is 8.60. The quantitative estimate of drug-likeness (QED) is 0.924. The van der Waals surface area contributed by atoms with Crippen LogP contribution in [-0.4, -0.2) is 36.4 Å². The maximum absolute atomic E-state index is 12.7. The molecule has 1 aliphatic rings. The summed E-state index contributed by atoms with van der Waals surface area (Å²) in [6, 6.07) is 3.72. The van der Waals surface area contributed by atoms with Crippen molar-refractivity contribution in [1.29, 1.82) is 0 Å². The molecule has 1 N–H and O–H groups in total. The van der Waals surface area contributed by atoms with Crippen LogP contribution in [0.15, 0.2) is 23.1 Å². The Morgan fingerprint density at radius 3 is 2.62 bits per heavy atom. The first kappa shape index (κ1) is 16.3. The van der Waals surface area contributed by atoms with E-state index in [0.717, 1.165) is 18.9 Å². The molecule has 1 heterocycles. The van der Waals surface area contributed by atoms with E-state index < -0.39 is 16.0 Å². The lowest BCUT2D eigenvalue weighted by Crippen LogP contribution is -2.44. The summed E-state index contributed by atoms with van der Waals surface area (Å²) in [6.07, 6.45) is 1.80. The number of nitrogens with zero attached hydrogens (tertiary/aromatic N) is 1. The standard InChI is InChI=1S/C14H18ClNO4S/c1-9-3-4-10(2)16(8-9)21(19,20)11-5-6-13(15)12(7-11)14(17)18/h5-7,9-10H,3-4,8H2,1-2H3,(H,17,18). The Labute approximate surface area is 129 Å². The largest absolute Gasteiger partial charge is 0.478 e. The molecule has 1 aromatic rings. The highest BCUT2D eigenvalue weighted by Crippen LogP contribution is 2.29. The van der Waals surface area contributed by atoms with Crippen LogP contribution in [-0.2, 0) is 10.0 Å². The SMILES string of the molecule is CC1CCC(C)N(S(=O)(=O)c2ccc(Cl)c(C(=O)O)c2)C1. The summed E-state index contributed by atoms with van der Waals surface area (Å²) in [5.41, 5.74) is -0.199. The summed E-state index contributed by atoms with van der Waals surface area (Å²) in [6.45, 7) is 4.34. The molecule has 1 aromatic carbocycles. The molecular formula is C14H18ClNO4S. The molecule has 0 spiro atoms. The minimum Gasteiger partial charge on any atom is -0.478 e. The monoisotopic (exact) mass is 331 g/mol. The number of aromatic carboxylic acids is 1. The van der Waals surface area contributed by atoms with Crippen LogP contribution in [0.25, 0.3) is 0 Å². The Bertz CT molecular complexity index is 659. The summed E-state index contributed by atoms with van der Waals surface area (Å²) in [5.74, 6) is -0.945. The van der Waals surface area contributed by atoms with Gasteiger partial charge in [-0.15, -0.1) is 0 Å². The van der Waals surface area contributed by atoms with Crippen LogP contribution < -0.4 is 0 Å². The van der Waals surface area contributed by atoms with Crippen molar-refractivity contribution in [1.82, 2.24) is 4.31 Å². The van der Waals surface area contributed by atoms with Gasteiger partial charge in [0.1, 0.15) is 0 Å². The molecule has 0 radical (unpaired) electrons. The van der Waals surface area contributed by atoms with Crippen molar-refractivity contribution in [2.75, 3.05) is 6.54 Å². The van der Waals surface area contributed by atoms with Gasteiger partial charge >= 0.3 is 5.97 Å². The summed E-state index contributed by atoms with van der Waals surface area (Å²) in [7, 11) is -3.71. The fourth-order valence-corrected chi connectivity index (χ4v) is 4.55. The third-order valence-corrected chi connectivity index (χ3v) is 6.14. The van der Waals surface area contributed by atoms with Crippen LogP contribution >= 0.6 is 11.6 Å². The van der Waals surface area contributed by atoms with Gasteiger partial charge in [0.25, 0.3) is 0 Å². The second-order valence-electron chi connectivity index (χ2n) is 5.55. The van der Waals surface area contributed by atoms with Crippen molar-refractivity contribution in [2.24, 2.45) is 5.92 Å². The zero-order chi connectivity index (χ0) is 15.8. The second kappa shape index (κ2) is 5.94. The van der Waals surface area contributed by atoms with Crippen LogP contribution in [0, 0.1) is 5.92 Å². The number of rotatable bonds is 3. The van der Waals surface area contributed by atoms with Gasteiger partial charge in [-0.3, -0.25) is 0 Å². The van der Waals surface area contributed by atoms with Crippen molar-refractivity contribution in [3.8, 4) is 0 Å². The van der Waals surface area contributed by atoms with Gasteiger partial charge in [-0.1, -0.05) is 18.5 Å². The Morgan fingerprint density at radius 1 is 1.33 bits per heavy atom. The lowest BCUT2D eigenvalue weighted by molar-refractivity contribution is 0.0697. The van der Waals surface area contributed by atoms with E-state index in [1.807, 2.05) is 13.8 Å². The van der Waals surface area contributed by atoms with Crippen LogP contribution in [0.3, 0.4) is 0 Å². The predicted molar refractivity (Wildman–Crippen MR) is 80.2 cm³/mol. The molecule has 0 aliphatic carbocycles. The van der Waals surface area contributed by atoms with Crippen molar-refractivity contribution >= 4 is 27.6 Å². The normalized spacial score (nSPS) is 24.0. The van der Waals surface area contributed by atoms with Gasteiger partial charge in [-0.25, -0.2) is 13.2 Å². The van der Waals surface area contributed by atoms with Crippen LogP contribution in [0.1, 0.15) is 37.0 Å². The van der Waals surface area contributed by atoms with E-state index in [4.69, 9.17) is 16.7 Å². The minimum atomic E-state index is -3.71. The number of halogens is 1. The molecule has 0 aromatic heterocycles. The number of hydrogen-bond acceptors (Lipinski definition) is 3. The first-order valence-electron chi connectivity index (χ1n) is 6.78. The zero-order valence-electron chi connectivity index (χ0n) is 11.9. The fraction of sp³-hybridized carbons (Fsp3) is 0.500. The third-order valence-electron chi connectivity index (χ3n) is 3.84. The zero-order valence-corrected chi connectivity index (χ0v) is 13.5. The van der Waals surface area contributed by atoms with Crippen molar-refractivity contribution in [2.45, 2.75) is 37.6 Å². The smallest absolute Gasteiger partial charge is 0.337 e. The van der Waals surface area contributed by atoms with E-state index in [1.165, 1.54) is 16.4 Å². The van der Waals surface area contributed by atoms with E-state index in [2.05, 4.69) is 0 Å². The van der Waals surface area contributed by atoms with E-state index in [-0.39, 0.29) is 21.5 Å². The molecule has 21 heavy (non-hydrogen) atoms. The lowest BCUT2D eigenvalue weighted by atomic mass is 9.97. The van der Waals surface area contributed by atoms with Gasteiger partial charge in [0.05, 0.1) is 15.5 Å². The number of carbonyl (C=O) groups is 1. The molecular weight excluding hydrogens is 314 g/mol. The molecule has 116 valence electrons. The maximum atomic E-state index is 12.7. The summed E-state index contributed by atoms with van der Waals surface area (Å²) in [4.78, 5) is 11.1. The van der Waals surface area contributed by atoms with Crippen molar-refractivity contribution < 1.29 is 18.3 Å². The fourth-order valence-electron chi connectivity index (χ4n) is 2.55. The van der Waals surface area contributed by atoms with Gasteiger partial charge in [-0.2, -0.15) is 4.31 Å². The van der Waals surface area contributed by atoms with E-state index >= 15 is 0 Å². The molecule has 2 rings (SSSR count). The number of carboxylic acid groups (broad SMARTS) is 1.